The molecule has 25 heavy (non-hydrogen) atoms. The first-order chi connectivity index (χ1) is 12.2. The first kappa shape index (κ1) is 25.8. The Kier molecular flexibility index (Phi) is 20.3. The van der Waals surface area contributed by atoms with E-state index < -0.39 is 5.41 Å². The Hall–Kier alpha value is 0.840. The largest absolute Gasteiger partial charge is 0.355 e. The predicted molar refractivity (Wildman–Crippen MR) is 92.9 cm³/mol. The van der Waals surface area contributed by atoms with Crippen LogP contribution in [0.4, 0.5) is 0 Å². The molecule has 0 aromatic rings. The fourth-order valence-corrected chi connectivity index (χ4v) is 1.90. The standard InChI is InChI=1S/C13H24Cl4O8/c14-5-22-9-18-1-13(2-19-10-23-6-15,3-20-11-24-7-16)4-21-12-25-8-17/h1-12H2. The maximum Gasteiger partial charge on any atom is 0.148 e. The molecule has 0 bridgehead atoms. The Morgan fingerprint density at radius 3 is 0.840 bits per heavy atom. The molecular formula is C13H24Cl4O8. The van der Waals surface area contributed by atoms with Gasteiger partial charge in [0.05, 0.1) is 31.8 Å². The maximum absolute atomic E-state index is 5.46. The van der Waals surface area contributed by atoms with Gasteiger partial charge in [-0.1, -0.05) is 46.4 Å². The average Bonchev–Trinajstić information content (AvgIpc) is 2.63. The highest BCUT2D eigenvalue weighted by molar-refractivity contribution is 6.17. The number of rotatable bonds is 20. The highest BCUT2D eigenvalue weighted by atomic mass is 35.5. The molecule has 0 fully saturated rings. The van der Waals surface area contributed by atoms with E-state index in [0.717, 1.165) is 0 Å². The van der Waals surface area contributed by atoms with Gasteiger partial charge in [0.25, 0.3) is 0 Å². The number of hydrogen-bond donors (Lipinski definition) is 0. The van der Waals surface area contributed by atoms with Crippen molar-refractivity contribution in [2.45, 2.75) is 0 Å². The second kappa shape index (κ2) is 19.6. The van der Waals surface area contributed by atoms with Crippen LogP contribution in [0.25, 0.3) is 0 Å². The zero-order valence-electron chi connectivity index (χ0n) is 13.8. The molecule has 0 amide bonds. The van der Waals surface area contributed by atoms with Gasteiger partial charge in [-0.25, -0.2) is 0 Å². The van der Waals surface area contributed by atoms with Gasteiger partial charge in [-0.2, -0.15) is 0 Å². The molecule has 152 valence electrons. The van der Waals surface area contributed by atoms with E-state index >= 15 is 0 Å². The molecule has 12 heteroatoms. The molecule has 0 saturated heterocycles. The third-order valence-corrected chi connectivity index (χ3v) is 3.23. The number of alkyl halides is 4. The van der Waals surface area contributed by atoms with Crippen molar-refractivity contribution >= 4 is 46.4 Å². The lowest BCUT2D eigenvalue weighted by molar-refractivity contribution is -0.177. The SMILES string of the molecule is ClCOCOCC(COCOCCl)(COCOCCl)COCOCCl. The van der Waals surface area contributed by atoms with Crippen LogP contribution >= 0.6 is 46.4 Å². The van der Waals surface area contributed by atoms with E-state index in [2.05, 4.69) is 0 Å². The zero-order chi connectivity index (χ0) is 18.6. The summed E-state index contributed by atoms with van der Waals surface area (Å²) in [6.45, 7) is 0.858. The van der Waals surface area contributed by atoms with Crippen LogP contribution in [0.3, 0.4) is 0 Å². The third-order valence-electron chi connectivity index (χ3n) is 2.61. The smallest absolute Gasteiger partial charge is 0.148 e. The van der Waals surface area contributed by atoms with Gasteiger partial charge in [-0.05, 0) is 0 Å². The van der Waals surface area contributed by atoms with E-state index in [1.165, 1.54) is 0 Å². The zero-order valence-corrected chi connectivity index (χ0v) is 16.8. The fourth-order valence-electron chi connectivity index (χ4n) is 1.64. The number of halogens is 4. The van der Waals surface area contributed by atoms with Crippen LogP contribution in [0.2, 0.25) is 0 Å². The molecule has 8 nitrogen and oxygen atoms in total. The monoisotopic (exact) mass is 448 g/mol. The molecule has 0 unspecified atom stereocenters. The van der Waals surface area contributed by atoms with Gasteiger partial charge >= 0.3 is 0 Å². The molecule has 0 aliphatic carbocycles. The van der Waals surface area contributed by atoms with Crippen molar-refractivity contribution < 1.29 is 37.9 Å². The van der Waals surface area contributed by atoms with Gasteiger partial charge in [0.1, 0.15) is 51.4 Å². The minimum absolute atomic E-state index is 0.0137. The lowest BCUT2D eigenvalue weighted by Gasteiger charge is -2.32. The van der Waals surface area contributed by atoms with Gasteiger partial charge in [0.2, 0.25) is 0 Å². The van der Waals surface area contributed by atoms with E-state index in [0.29, 0.717) is 0 Å². The second-order valence-electron chi connectivity index (χ2n) is 4.62. The first-order valence-electron chi connectivity index (χ1n) is 7.10. The number of ether oxygens (including phenoxy) is 8. The van der Waals surface area contributed by atoms with Gasteiger partial charge < -0.3 is 37.9 Å². The van der Waals surface area contributed by atoms with Gasteiger partial charge in [0, 0.05) is 0 Å². The molecule has 0 aromatic carbocycles. The van der Waals surface area contributed by atoms with Crippen LogP contribution in [0.1, 0.15) is 0 Å². The highest BCUT2D eigenvalue weighted by Crippen LogP contribution is 2.21. The van der Waals surface area contributed by atoms with Crippen LogP contribution in [0, 0.1) is 5.41 Å². The van der Waals surface area contributed by atoms with Crippen molar-refractivity contribution in [2.75, 3.05) is 77.9 Å². The molecule has 0 aliphatic heterocycles. The van der Waals surface area contributed by atoms with E-state index in [-0.39, 0.29) is 77.9 Å². The Labute approximate surface area is 167 Å². The summed E-state index contributed by atoms with van der Waals surface area (Å²) in [4.78, 5) is 0. The maximum atomic E-state index is 5.46. The quantitative estimate of drug-likeness (QED) is 0.159. The lowest BCUT2D eigenvalue weighted by Crippen LogP contribution is -2.42. The fraction of sp³-hybridized carbons (Fsp3) is 1.00. The van der Waals surface area contributed by atoms with Crippen LogP contribution in [-0.2, 0) is 37.9 Å². The lowest BCUT2D eigenvalue weighted by atomic mass is 9.92. The highest BCUT2D eigenvalue weighted by Gasteiger charge is 2.33. The van der Waals surface area contributed by atoms with E-state index in [4.69, 9.17) is 84.3 Å². The van der Waals surface area contributed by atoms with Crippen molar-refractivity contribution in [1.82, 2.24) is 0 Å². The molecule has 0 atom stereocenters. The molecule has 0 aliphatic rings. The number of hydrogen-bond acceptors (Lipinski definition) is 8. The Morgan fingerprint density at radius 1 is 0.400 bits per heavy atom. The predicted octanol–water partition coefficient (Wildman–Crippen LogP) is 2.72. The normalized spacial score (nSPS) is 12.0. The summed E-state index contributed by atoms with van der Waals surface area (Å²) in [7, 11) is 0. The first-order valence-corrected chi connectivity index (χ1v) is 9.24. The summed E-state index contributed by atoms with van der Waals surface area (Å²) in [6, 6.07) is 0.0841. The molecule has 0 spiro atoms. The van der Waals surface area contributed by atoms with Crippen molar-refractivity contribution in [1.29, 1.82) is 0 Å². The van der Waals surface area contributed by atoms with E-state index in [1.54, 1.807) is 0 Å². The summed E-state index contributed by atoms with van der Waals surface area (Å²) in [5.41, 5.74) is -0.684. The summed E-state index contributed by atoms with van der Waals surface area (Å²) in [5, 5.41) is 0. The second-order valence-corrected chi connectivity index (χ2v) is 5.49. The topological polar surface area (TPSA) is 73.8 Å². The Bertz CT molecular complexity index is 225. The Morgan fingerprint density at radius 2 is 0.640 bits per heavy atom. The molecule has 0 radical (unpaired) electrons. The molecule has 0 N–H and O–H groups in total. The minimum Gasteiger partial charge on any atom is -0.355 e. The van der Waals surface area contributed by atoms with Crippen molar-refractivity contribution in [3.05, 3.63) is 0 Å². The van der Waals surface area contributed by atoms with Crippen molar-refractivity contribution in [3.63, 3.8) is 0 Å². The minimum atomic E-state index is -0.684. The van der Waals surface area contributed by atoms with Crippen LogP contribution in [-0.4, -0.2) is 77.9 Å². The van der Waals surface area contributed by atoms with Gasteiger partial charge in [0.15, 0.2) is 0 Å². The van der Waals surface area contributed by atoms with E-state index in [9.17, 15) is 0 Å². The summed E-state index contributed by atoms with van der Waals surface area (Å²) >= 11 is 21.8. The van der Waals surface area contributed by atoms with Crippen molar-refractivity contribution in [2.24, 2.45) is 5.41 Å². The molecule has 0 rings (SSSR count). The van der Waals surface area contributed by atoms with Crippen molar-refractivity contribution in [3.8, 4) is 0 Å². The van der Waals surface area contributed by atoms with Gasteiger partial charge in [-0.3, -0.25) is 0 Å². The molecule has 0 heterocycles. The van der Waals surface area contributed by atoms with Crippen LogP contribution < -0.4 is 0 Å². The molecule has 0 saturated carbocycles. The summed E-state index contributed by atoms with van der Waals surface area (Å²) < 4.78 is 41.7. The molecule has 0 aromatic heterocycles. The third kappa shape index (κ3) is 15.6. The summed E-state index contributed by atoms with van der Waals surface area (Å²) in [5.74, 6) is 0. The van der Waals surface area contributed by atoms with E-state index in [1.807, 2.05) is 0 Å². The van der Waals surface area contributed by atoms with Crippen LogP contribution in [0.5, 0.6) is 0 Å². The molecular weight excluding hydrogens is 426 g/mol. The van der Waals surface area contributed by atoms with Crippen LogP contribution in [0.15, 0.2) is 0 Å². The summed E-state index contributed by atoms with van der Waals surface area (Å²) in [6.07, 6.45) is 0. The Balaban J connectivity index is 4.62. The van der Waals surface area contributed by atoms with Gasteiger partial charge in [-0.15, -0.1) is 0 Å². The average molecular weight is 450 g/mol.